The molecule has 0 fully saturated rings. The molecule has 0 amide bonds. The Bertz CT molecular complexity index is 1130. The summed E-state index contributed by atoms with van der Waals surface area (Å²) in [4.78, 5) is 4.50. The molecule has 1 aromatic heterocycles. The molecule has 2 nitrogen and oxygen atoms in total. The first-order valence-electron chi connectivity index (χ1n) is 8.82. The molecule has 0 atom stereocenters. The Morgan fingerprint density at radius 1 is 0.821 bits per heavy atom. The van der Waals surface area contributed by atoms with E-state index in [1.165, 1.54) is 12.1 Å². The van der Waals surface area contributed by atoms with E-state index in [4.69, 9.17) is 0 Å². The van der Waals surface area contributed by atoms with Crippen molar-refractivity contribution in [2.24, 2.45) is 0 Å². The van der Waals surface area contributed by atoms with Crippen LogP contribution in [0.15, 0.2) is 78.9 Å². The van der Waals surface area contributed by atoms with Crippen LogP contribution in [0.4, 0.5) is 24.5 Å². The Morgan fingerprint density at radius 2 is 1.50 bits per heavy atom. The molecule has 0 unspecified atom stereocenters. The average Bonchev–Trinajstić information content (AvgIpc) is 2.69. The van der Waals surface area contributed by atoms with Gasteiger partial charge in [-0.25, -0.2) is 4.98 Å². The van der Waals surface area contributed by atoms with Crippen LogP contribution in [0.5, 0.6) is 0 Å². The molecule has 0 radical (unpaired) electrons. The van der Waals surface area contributed by atoms with Gasteiger partial charge in [-0.1, -0.05) is 54.1 Å². The summed E-state index contributed by atoms with van der Waals surface area (Å²) >= 11 is 0. The number of aryl methyl sites for hydroxylation is 1. The predicted molar refractivity (Wildman–Crippen MR) is 107 cm³/mol. The smallest absolute Gasteiger partial charge is 0.355 e. The van der Waals surface area contributed by atoms with Crippen LogP contribution in [0.3, 0.4) is 0 Å². The number of nitrogens with one attached hydrogen (secondary N) is 1. The normalized spacial score (nSPS) is 11.6. The van der Waals surface area contributed by atoms with Gasteiger partial charge in [-0.3, -0.25) is 0 Å². The van der Waals surface area contributed by atoms with E-state index in [2.05, 4.69) is 10.3 Å². The highest BCUT2D eigenvalue weighted by Gasteiger charge is 2.33. The fourth-order valence-corrected chi connectivity index (χ4v) is 3.16. The van der Waals surface area contributed by atoms with E-state index in [1.807, 2.05) is 49.4 Å². The number of benzene rings is 3. The third-order valence-corrected chi connectivity index (χ3v) is 4.56. The van der Waals surface area contributed by atoms with Gasteiger partial charge in [0, 0.05) is 16.6 Å². The minimum atomic E-state index is -4.45. The molecule has 5 heteroatoms. The molecule has 3 aromatic carbocycles. The first kappa shape index (κ1) is 18.0. The lowest BCUT2D eigenvalue weighted by Gasteiger charge is -2.15. The molecule has 0 saturated heterocycles. The molecule has 1 N–H and O–H groups in total. The van der Waals surface area contributed by atoms with Gasteiger partial charge in [-0.05, 0) is 37.3 Å². The lowest BCUT2D eigenvalue weighted by Crippen LogP contribution is -2.07. The van der Waals surface area contributed by atoms with Gasteiger partial charge in [0.2, 0.25) is 0 Å². The zero-order valence-corrected chi connectivity index (χ0v) is 15.1. The molecule has 4 rings (SSSR count). The average molecular weight is 378 g/mol. The number of hydrogen-bond donors (Lipinski definition) is 1. The molecule has 0 aliphatic rings. The van der Waals surface area contributed by atoms with Gasteiger partial charge in [0.1, 0.15) is 0 Å². The summed E-state index contributed by atoms with van der Waals surface area (Å²) in [6, 6.07) is 22.4. The van der Waals surface area contributed by atoms with Crippen LogP contribution in [-0.4, -0.2) is 4.98 Å². The minimum absolute atomic E-state index is 0.0627. The quantitative estimate of drug-likeness (QED) is 0.416. The Balaban J connectivity index is 1.89. The minimum Gasteiger partial charge on any atom is -0.355 e. The number of nitrogens with zero attached hydrogens (tertiary/aromatic N) is 1. The highest BCUT2D eigenvalue weighted by molar-refractivity contribution is 5.95. The summed E-state index contributed by atoms with van der Waals surface area (Å²) in [6.45, 7) is 2.00. The molecular formula is C23H17F3N2. The lowest BCUT2D eigenvalue weighted by atomic mass is 10.0. The zero-order chi connectivity index (χ0) is 19.7. The fourth-order valence-electron chi connectivity index (χ4n) is 3.16. The molecule has 1 heterocycles. The van der Waals surface area contributed by atoms with Gasteiger partial charge < -0.3 is 5.32 Å². The number of pyridine rings is 1. The number of anilines is 2. The van der Waals surface area contributed by atoms with E-state index in [-0.39, 0.29) is 11.3 Å². The maximum atomic E-state index is 13.5. The number of para-hydroxylation sites is 1. The van der Waals surface area contributed by atoms with E-state index in [9.17, 15) is 13.2 Å². The summed E-state index contributed by atoms with van der Waals surface area (Å²) in [5.41, 5.74) is 2.97. The van der Waals surface area contributed by atoms with Crippen LogP contribution in [-0.2, 0) is 6.18 Å². The number of aromatic nitrogens is 1. The number of hydrogen-bond acceptors (Lipinski definition) is 2. The van der Waals surface area contributed by atoms with E-state index < -0.39 is 11.7 Å². The predicted octanol–water partition coefficient (Wildman–Crippen LogP) is 6.97. The maximum Gasteiger partial charge on any atom is 0.417 e. The highest BCUT2D eigenvalue weighted by Crippen LogP contribution is 2.38. The van der Waals surface area contributed by atoms with E-state index in [0.717, 1.165) is 22.7 Å². The van der Waals surface area contributed by atoms with Crippen molar-refractivity contribution in [3.63, 3.8) is 0 Å². The number of fused-ring (bicyclic) bond motifs is 1. The second-order valence-electron chi connectivity index (χ2n) is 6.61. The van der Waals surface area contributed by atoms with Crippen molar-refractivity contribution in [1.29, 1.82) is 0 Å². The number of halogens is 3. The Hall–Kier alpha value is -3.34. The standard InChI is InChI=1S/C23H17F3N2/c1-15-10-12-16(13-11-15)27-22-14-21(28-20-9-5-3-7-18(20)22)17-6-2-4-8-19(17)23(24,25)26/h2-14H,1H3,(H,27,28). The molecule has 28 heavy (non-hydrogen) atoms. The molecule has 0 saturated carbocycles. The van der Waals surface area contributed by atoms with Crippen LogP contribution >= 0.6 is 0 Å². The summed E-state index contributed by atoms with van der Waals surface area (Å²) in [5, 5.41) is 4.17. The molecule has 4 aromatic rings. The zero-order valence-electron chi connectivity index (χ0n) is 15.1. The van der Waals surface area contributed by atoms with E-state index in [1.54, 1.807) is 18.2 Å². The summed E-state index contributed by atoms with van der Waals surface area (Å²) in [7, 11) is 0. The first-order chi connectivity index (χ1) is 13.4. The van der Waals surface area contributed by atoms with Gasteiger partial charge in [0.25, 0.3) is 0 Å². The van der Waals surface area contributed by atoms with Crippen LogP contribution in [0, 0.1) is 6.92 Å². The number of alkyl halides is 3. The molecule has 0 bridgehead atoms. The van der Waals surface area contributed by atoms with Gasteiger partial charge >= 0.3 is 6.18 Å². The van der Waals surface area contributed by atoms with Crippen LogP contribution in [0.2, 0.25) is 0 Å². The summed E-state index contributed by atoms with van der Waals surface area (Å²) in [6.07, 6.45) is -4.45. The Kier molecular flexibility index (Phi) is 4.51. The number of rotatable bonds is 3. The van der Waals surface area contributed by atoms with Crippen LogP contribution < -0.4 is 5.32 Å². The maximum absolute atomic E-state index is 13.5. The molecule has 140 valence electrons. The van der Waals surface area contributed by atoms with Crippen molar-refractivity contribution in [1.82, 2.24) is 4.98 Å². The Morgan fingerprint density at radius 3 is 2.25 bits per heavy atom. The molecular weight excluding hydrogens is 361 g/mol. The second kappa shape index (κ2) is 7.00. The SMILES string of the molecule is Cc1ccc(Nc2cc(-c3ccccc3C(F)(F)F)nc3ccccc23)cc1. The monoisotopic (exact) mass is 378 g/mol. The second-order valence-corrected chi connectivity index (χ2v) is 6.61. The van der Waals surface area contributed by atoms with Crippen LogP contribution in [0.1, 0.15) is 11.1 Å². The third-order valence-electron chi connectivity index (χ3n) is 4.56. The largest absolute Gasteiger partial charge is 0.417 e. The van der Waals surface area contributed by atoms with Gasteiger partial charge in [0.15, 0.2) is 0 Å². The third kappa shape index (κ3) is 3.56. The lowest BCUT2D eigenvalue weighted by molar-refractivity contribution is -0.137. The van der Waals surface area contributed by atoms with Crippen molar-refractivity contribution in [2.45, 2.75) is 13.1 Å². The topological polar surface area (TPSA) is 24.9 Å². The Labute approximate surface area is 160 Å². The van der Waals surface area contributed by atoms with E-state index in [0.29, 0.717) is 11.2 Å². The summed E-state index contributed by atoms with van der Waals surface area (Å²) in [5.74, 6) is 0. The summed E-state index contributed by atoms with van der Waals surface area (Å²) < 4.78 is 40.5. The van der Waals surface area contributed by atoms with Gasteiger partial charge in [-0.2, -0.15) is 13.2 Å². The van der Waals surface area contributed by atoms with Crippen molar-refractivity contribution in [2.75, 3.05) is 5.32 Å². The van der Waals surface area contributed by atoms with Crippen molar-refractivity contribution in [3.8, 4) is 11.3 Å². The fraction of sp³-hybridized carbons (Fsp3) is 0.0870. The molecule has 0 aliphatic heterocycles. The van der Waals surface area contributed by atoms with Crippen molar-refractivity contribution in [3.05, 3.63) is 90.0 Å². The van der Waals surface area contributed by atoms with Gasteiger partial charge in [0.05, 0.1) is 22.5 Å². The molecule has 0 aliphatic carbocycles. The van der Waals surface area contributed by atoms with Gasteiger partial charge in [-0.15, -0.1) is 0 Å². The first-order valence-corrected chi connectivity index (χ1v) is 8.82. The van der Waals surface area contributed by atoms with E-state index >= 15 is 0 Å². The van der Waals surface area contributed by atoms with Crippen LogP contribution in [0.25, 0.3) is 22.2 Å². The van der Waals surface area contributed by atoms with Crippen molar-refractivity contribution < 1.29 is 13.2 Å². The highest BCUT2D eigenvalue weighted by atomic mass is 19.4. The molecule has 0 spiro atoms. The van der Waals surface area contributed by atoms with Crippen molar-refractivity contribution >= 4 is 22.3 Å².